The number of hydrogen-bond acceptors (Lipinski definition) is 5. The molecule has 0 aliphatic heterocycles. The zero-order valence-corrected chi connectivity index (χ0v) is 11.0. The molecule has 5 nitrogen and oxygen atoms in total. The average molecular weight is 254 g/mol. The van der Waals surface area contributed by atoms with E-state index in [0.717, 1.165) is 25.3 Å². The summed E-state index contributed by atoms with van der Waals surface area (Å²) in [5, 5.41) is 21.7. The van der Waals surface area contributed by atoms with Crippen LogP contribution < -0.4 is 5.32 Å². The zero-order chi connectivity index (χ0) is 13.4. The van der Waals surface area contributed by atoms with Crippen molar-refractivity contribution in [1.29, 1.82) is 0 Å². The average Bonchev–Trinajstić information content (AvgIpc) is 2.32. The van der Waals surface area contributed by atoms with Gasteiger partial charge in [-0.1, -0.05) is 6.07 Å². The highest BCUT2D eigenvalue weighted by molar-refractivity contribution is 5.40. The van der Waals surface area contributed by atoms with Crippen LogP contribution in [0, 0.1) is 0 Å². The second-order valence-electron chi connectivity index (χ2n) is 4.42. The van der Waals surface area contributed by atoms with Crippen molar-refractivity contribution in [2.75, 3.05) is 40.4 Å². The zero-order valence-electron chi connectivity index (χ0n) is 11.0. The molecule has 0 atom stereocenters. The molecule has 102 valence electrons. The highest BCUT2D eigenvalue weighted by Gasteiger charge is 2.00. The number of phenolic OH excluding ortho intramolecular Hbond substituents is 2. The van der Waals surface area contributed by atoms with Crippen molar-refractivity contribution in [2.24, 2.45) is 0 Å². The Hall–Kier alpha value is -1.30. The molecular weight excluding hydrogens is 232 g/mol. The molecule has 5 heteroatoms. The molecule has 0 unspecified atom stereocenters. The second-order valence-corrected chi connectivity index (χ2v) is 4.42. The van der Waals surface area contributed by atoms with E-state index in [1.165, 1.54) is 6.07 Å². The fourth-order valence-electron chi connectivity index (χ4n) is 1.41. The quantitative estimate of drug-likeness (QED) is 0.472. The van der Waals surface area contributed by atoms with Gasteiger partial charge in [0, 0.05) is 19.6 Å². The Balaban J connectivity index is 2.09. The van der Waals surface area contributed by atoms with E-state index in [0.29, 0.717) is 13.2 Å². The molecule has 0 saturated carbocycles. The van der Waals surface area contributed by atoms with Gasteiger partial charge in [-0.15, -0.1) is 0 Å². The van der Waals surface area contributed by atoms with Crippen molar-refractivity contribution in [1.82, 2.24) is 10.2 Å². The summed E-state index contributed by atoms with van der Waals surface area (Å²) in [6.45, 7) is 3.72. The predicted molar refractivity (Wildman–Crippen MR) is 70.9 cm³/mol. The largest absolute Gasteiger partial charge is 0.504 e. The first-order chi connectivity index (χ1) is 8.59. The van der Waals surface area contributed by atoms with Gasteiger partial charge in [-0.25, -0.2) is 0 Å². The van der Waals surface area contributed by atoms with Crippen LogP contribution in [0.15, 0.2) is 18.2 Å². The fourth-order valence-corrected chi connectivity index (χ4v) is 1.41. The number of nitrogens with one attached hydrogen (secondary N) is 1. The standard InChI is InChI=1S/C13H22N2O3/c1-15(2)6-8-18-7-5-14-10-11-3-4-12(16)13(17)9-11/h3-4,9,14,16-17H,5-8,10H2,1-2H3. The number of ether oxygens (including phenoxy) is 1. The van der Waals surface area contributed by atoms with E-state index in [2.05, 4.69) is 10.2 Å². The van der Waals surface area contributed by atoms with Crippen LogP contribution >= 0.6 is 0 Å². The molecule has 18 heavy (non-hydrogen) atoms. The van der Waals surface area contributed by atoms with Gasteiger partial charge in [0.25, 0.3) is 0 Å². The minimum atomic E-state index is -0.0919. The molecule has 0 bridgehead atoms. The lowest BCUT2D eigenvalue weighted by molar-refractivity contribution is 0.119. The fraction of sp³-hybridized carbons (Fsp3) is 0.538. The van der Waals surface area contributed by atoms with E-state index in [1.807, 2.05) is 14.1 Å². The van der Waals surface area contributed by atoms with Crippen molar-refractivity contribution in [3.8, 4) is 11.5 Å². The van der Waals surface area contributed by atoms with Gasteiger partial charge in [-0.3, -0.25) is 0 Å². The molecule has 1 aromatic rings. The molecule has 0 heterocycles. The minimum Gasteiger partial charge on any atom is -0.504 e. The summed E-state index contributed by atoms with van der Waals surface area (Å²) in [5.74, 6) is -0.178. The Morgan fingerprint density at radius 3 is 2.61 bits per heavy atom. The van der Waals surface area contributed by atoms with Crippen LogP contribution in [0.4, 0.5) is 0 Å². The van der Waals surface area contributed by atoms with Crippen LogP contribution in [0.25, 0.3) is 0 Å². The number of phenols is 2. The number of aromatic hydroxyl groups is 2. The summed E-state index contributed by atoms with van der Waals surface area (Å²) in [7, 11) is 4.03. The Kier molecular flexibility index (Phi) is 6.49. The van der Waals surface area contributed by atoms with Crippen molar-refractivity contribution in [3.05, 3.63) is 23.8 Å². The predicted octanol–water partition coefficient (Wildman–Crippen LogP) is 0.766. The van der Waals surface area contributed by atoms with Crippen LogP contribution in [0.1, 0.15) is 5.56 Å². The molecule has 0 spiro atoms. The van der Waals surface area contributed by atoms with Crippen LogP contribution in [-0.4, -0.2) is 55.5 Å². The van der Waals surface area contributed by atoms with Gasteiger partial charge in [-0.05, 0) is 31.8 Å². The molecule has 1 rings (SSSR count). The molecule has 0 aliphatic rings. The molecule has 0 saturated heterocycles. The lowest BCUT2D eigenvalue weighted by atomic mass is 10.2. The van der Waals surface area contributed by atoms with Gasteiger partial charge in [0.2, 0.25) is 0 Å². The third-order valence-corrected chi connectivity index (χ3v) is 2.47. The maximum atomic E-state index is 9.32. The Morgan fingerprint density at radius 1 is 1.17 bits per heavy atom. The first-order valence-corrected chi connectivity index (χ1v) is 6.03. The Labute approximate surface area is 108 Å². The monoisotopic (exact) mass is 254 g/mol. The van der Waals surface area contributed by atoms with Crippen LogP contribution in [0.3, 0.4) is 0 Å². The molecule has 0 fully saturated rings. The molecule has 3 N–H and O–H groups in total. The number of likely N-dealkylation sites (N-methyl/N-ethyl adjacent to an activating group) is 1. The van der Waals surface area contributed by atoms with Gasteiger partial charge in [0.15, 0.2) is 11.5 Å². The van der Waals surface area contributed by atoms with Crippen LogP contribution in [-0.2, 0) is 11.3 Å². The number of rotatable bonds is 8. The van der Waals surface area contributed by atoms with E-state index in [1.54, 1.807) is 12.1 Å². The van der Waals surface area contributed by atoms with Gasteiger partial charge < -0.3 is 25.2 Å². The van der Waals surface area contributed by atoms with E-state index >= 15 is 0 Å². The van der Waals surface area contributed by atoms with Crippen LogP contribution in [0.2, 0.25) is 0 Å². The van der Waals surface area contributed by atoms with Gasteiger partial charge >= 0.3 is 0 Å². The third kappa shape index (κ3) is 5.86. The van der Waals surface area contributed by atoms with Crippen molar-refractivity contribution >= 4 is 0 Å². The summed E-state index contributed by atoms with van der Waals surface area (Å²) >= 11 is 0. The lowest BCUT2D eigenvalue weighted by Gasteiger charge is -2.10. The van der Waals surface area contributed by atoms with Crippen molar-refractivity contribution in [3.63, 3.8) is 0 Å². The molecule has 1 aromatic carbocycles. The minimum absolute atomic E-state index is 0.0865. The second kappa shape index (κ2) is 7.92. The molecular formula is C13H22N2O3. The van der Waals surface area contributed by atoms with Gasteiger partial charge in [0.05, 0.1) is 13.2 Å². The highest BCUT2D eigenvalue weighted by atomic mass is 16.5. The first kappa shape index (κ1) is 14.8. The van der Waals surface area contributed by atoms with E-state index in [-0.39, 0.29) is 11.5 Å². The van der Waals surface area contributed by atoms with Gasteiger partial charge in [0.1, 0.15) is 0 Å². The van der Waals surface area contributed by atoms with Crippen LogP contribution in [0.5, 0.6) is 11.5 Å². The van der Waals surface area contributed by atoms with Gasteiger partial charge in [-0.2, -0.15) is 0 Å². The SMILES string of the molecule is CN(C)CCOCCNCc1ccc(O)c(O)c1. The topological polar surface area (TPSA) is 65.0 Å². The lowest BCUT2D eigenvalue weighted by Crippen LogP contribution is -2.23. The number of benzene rings is 1. The summed E-state index contributed by atoms with van der Waals surface area (Å²) in [6.07, 6.45) is 0. The highest BCUT2D eigenvalue weighted by Crippen LogP contribution is 2.24. The van der Waals surface area contributed by atoms with E-state index in [4.69, 9.17) is 9.84 Å². The van der Waals surface area contributed by atoms with Crippen molar-refractivity contribution < 1.29 is 14.9 Å². The summed E-state index contributed by atoms with van der Waals surface area (Å²) in [5.41, 5.74) is 0.929. The molecule has 0 aliphatic carbocycles. The summed E-state index contributed by atoms with van der Waals surface area (Å²) in [4.78, 5) is 2.08. The number of nitrogens with zero attached hydrogens (tertiary/aromatic N) is 1. The van der Waals surface area contributed by atoms with E-state index < -0.39 is 0 Å². The Morgan fingerprint density at radius 2 is 1.94 bits per heavy atom. The van der Waals surface area contributed by atoms with Crippen molar-refractivity contribution in [2.45, 2.75) is 6.54 Å². The molecule has 0 radical (unpaired) electrons. The first-order valence-electron chi connectivity index (χ1n) is 6.03. The number of hydrogen-bond donors (Lipinski definition) is 3. The Bertz CT molecular complexity index is 356. The summed E-state index contributed by atoms with van der Waals surface area (Å²) < 4.78 is 5.43. The van der Waals surface area contributed by atoms with E-state index in [9.17, 15) is 5.11 Å². The molecule has 0 amide bonds. The maximum Gasteiger partial charge on any atom is 0.157 e. The summed E-state index contributed by atoms with van der Waals surface area (Å²) in [6, 6.07) is 4.81. The third-order valence-electron chi connectivity index (χ3n) is 2.47. The normalized spacial score (nSPS) is 11.1. The molecule has 0 aromatic heterocycles. The maximum absolute atomic E-state index is 9.32. The smallest absolute Gasteiger partial charge is 0.157 e.